The summed E-state index contributed by atoms with van der Waals surface area (Å²) in [5.41, 5.74) is 0.962. The molecule has 2 atom stereocenters. The van der Waals surface area contributed by atoms with Crippen LogP contribution < -0.4 is 10.1 Å². The van der Waals surface area contributed by atoms with Crippen molar-refractivity contribution in [3.8, 4) is 5.75 Å². The van der Waals surface area contributed by atoms with Crippen LogP contribution >= 0.6 is 0 Å². The first kappa shape index (κ1) is 11.4. The van der Waals surface area contributed by atoms with Gasteiger partial charge in [0.15, 0.2) is 0 Å². The fourth-order valence-electron chi connectivity index (χ4n) is 2.23. The summed E-state index contributed by atoms with van der Waals surface area (Å²) in [6.45, 7) is 1.74. The monoisotopic (exact) mass is 223 g/mol. The zero-order valence-corrected chi connectivity index (χ0v) is 9.58. The molecule has 1 aromatic rings. The molecule has 0 aromatic heterocycles. The molecule has 1 fully saturated rings. The van der Waals surface area contributed by atoms with Gasteiger partial charge in [-0.1, -0.05) is 18.2 Å². The second-order valence-corrected chi connectivity index (χ2v) is 4.28. The van der Waals surface area contributed by atoms with Crippen LogP contribution in [0, 0.1) is 5.92 Å². The van der Waals surface area contributed by atoms with Gasteiger partial charge in [-0.2, -0.15) is 0 Å². The van der Waals surface area contributed by atoms with E-state index in [9.17, 15) is 4.39 Å². The molecular formula is C13H18FNO. The Labute approximate surface area is 95.8 Å². The largest absolute Gasteiger partial charge is 0.496 e. The summed E-state index contributed by atoms with van der Waals surface area (Å²) in [5, 5.41) is 3.20. The predicted octanol–water partition coefficient (Wildman–Crippen LogP) is 2.19. The number of halogens is 1. The van der Waals surface area contributed by atoms with Crippen molar-refractivity contribution in [3.63, 3.8) is 0 Å². The van der Waals surface area contributed by atoms with E-state index in [2.05, 4.69) is 5.32 Å². The van der Waals surface area contributed by atoms with Crippen LogP contribution in [0.15, 0.2) is 24.3 Å². The fraction of sp³-hybridized carbons (Fsp3) is 0.538. The molecule has 16 heavy (non-hydrogen) atoms. The van der Waals surface area contributed by atoms with E-state index in [1.54, 1.807) is 7.11 Å². The minimum Gasteiger partial charge on any atom is -0.496 e. The molecule has 1 aliphatic rings. The normalized spacial score (nSPS) is 22.0. The lowest BCUT2D eigenvalue weighted by Crippen LogP contribution is -2.21. The van der Waals surface area contributed by atoms with Gasteiger partial charge in [0.1, 0.15) is 11.9 Å². The van der Waals surface area contributed by atoms with Crippen molar-refractivity contribution in [1.29, 1.82) is 0 Å². The van der Waals surface area contributed by atoms with Crippen LogP contribution in [-0.4, -0.2) is 26.4 Å². The SMILES string of the molecule is COc1ccccc1CC(F)C1CCNC1. The summed E-state index contributed by atoms with van der Waals surface area (Å²) < 4.78 is 19.2. The molecule has 0 aliphatic carbocycles. The third-order valence-electron chi connectivity index (χ3n) is 3.22. The van der Waals surface area contributed by atoms with E-state index in [0.29, 0.717) is 6.42 Å². The Hall–Kier alpha value is -1.09. The maximum atomic E-state index is 14.0. The molecule has 0 saturated carbocycles. The van der Waals surface area contributed by atoms with Gasteiger partial charge in [-0.25, -0.2) is 4.39 Å². The van der Waals surface area contributed by atoms with E-state index in [0.717, 1.165) is 30.8 Å². The molecule has 2 unspecified atom stereocenters. The Kier molecular flexibility index (Phi) is 3.78. The van der Waals surface area contributed by atoms with Gasteiger partial charge in [0.25, 0.3) is 0 Å². The van der Waals surface area contributed by atoms with Crippen molar-refractivity contribution >= 4 is 0 Å². The Morgan fingerprint density at radius 3 is 3.00 bits per heavy atom. The molecule has 0 spiro atoms. The molecule has 2 rings (SSSR count). The van der Waals surface area contributed by atoms with Crippen LogP contribution in [0.4, 0.5) is 4.39 Å². The van der Waals surface area contributed by atoms with Crippen LogP contribution in [0.3, 0.4) is 0 Å². The van der Waals surface area contributed by atoms with Gasteiger partial charge >= 0.3 is 0 Å². The highest BCUT2D eigenvalue weighted by Gasteiger charge is 2.25. The van der Waals surface area contributed by atoms with E-state index < -0.39 is 6.17 Å². The standard InChI is InChI=1S/C13H18FNO/c1-16-13-5-3-2-4-10(13)8-12(14)11-6-7-15-9-11/h2-5,11-12,15H,6-9H2,1H3. The molecule has 1 aliphatic heterocycles. The highest BCUT2D eigenvalue weighted by atomic mass is 19.1. The molecule has 1 aromatic carbocycles. The number of alkyl halides is 1. The van der Waals surface area contributed by atoms with Gasteiger partial charge in [-0.3, -0.25) is 0 Å². The zero-order valence-electron chi connectivity index (χ0n) is 9.58. The van der Waals surface area contributed by atoms with E-state index >= 15 is 0 Å². The van der Waals surface area contributed by atoms with Gasteiger partial charge in [0.05, 0.1) is 7.11 Å². The van der Waals surface area contributed by atoms with Crippen LogP contribution in [0.5, 0.6) is 5.75 Å². The number of ether oxygens (including phenoxy) is 1. The second-order valence-electron chi connectivity index (χ2n) is 4.28. The van der Waals surface area contributed by atoms with Gasteiger partial charge in [-0.15, -0.1) is 0 Å². The molecule has 1 heterocycles. The minimum absolute atomic E-state index is 0.157. The molecule has 1 saturated heterocycles. The summed E-state index contributed by atoms with van der Waals surface area (Å²) in [5.74, 6) is 0.945. The number of nitrogens with one attached hydrogen (secondary N) is 1. The average Bonchev–Trinajstić information content (AvgIpc) is 2.83. The van der Waals surface area contributed by atoms with Crippen LogP contribution in [-0.2, 0) is 6.42 Å². The fourth-order valence-corrected chi connectivity index (χ4v) is 2.23. The third-order valence-corrected chi connectivity index (χ3v) is 3.22. The van der Waals surface area contributed by atoms with Crippen molar-refractivity contribution in [1.82, 2.24) is 5.32 Å². The summed E-state index contributed by atoms with van der Waals surface area (Å²) in [6, 6.07) is 7.66. The molecule has 0 amide bonds. The number of hydrogen-bond acceptors (Lipinski definition) is 2. The number of hydrogen-bond donors (Lipinski definition) is 1. The van der Waals surface area contributed by atoms with E-state index in [1.165, 1.54) is 0 Å². The summed E-state index contributed by atoms with van der Waals surface area (Å²) in [6.07, 6.45) is 0.624. The first-order chi connectivity index (χ1) is 7.81. The maximum absolute atomic E-state index is 14.0. The van der Waals surface area contributed by atoms with Crippen molar-refractivity contribution < 1.29 is 9.13 Å². The molecule has 2 nitrogen and oxygen atoms in total. The second kappa shape index (κ2) is 5.30. The zero-order chi connectivity index (χ0) is 11.4. The molecule has 3 heteroatoms. The third kappa shape index (κ3) is 2.53. The summed E-state index contributed by atoms with van der Waals surface area (Å²) in [7, 11) is 1.63. The van der Waals surface area contributed by atoms with Gasteiger partial charge in [0.2, 0.25) is 0 Å². The molecule has 0 bridgehead atoms. The average molecular weight is 223 g/mol. The number of rotatable bonds is 4. The van der Waals surface area contributed by atoms with Crippen molar-refractivity contribution in [2.45, 2.75) is 19.0 Å². The minimum atomic E-state index is -0.772. The lowest BCUT2D eigenvalue weighted by atomic mass is 9.96. The van der Waals surface area contributed by atoms with Crippen LogP contribution in [0.2, 0.25) is 0 Å². The Balaban J connectivity index is 2.01. The lowest BCUT2D eigenvalue weighted by molar-refractivity contribution is 0.237. The first-order valence-corrected chi connectivity index (χ1v) is 5.78. The molecule has 0 radical (unpaired) electrons. The number of benzene rings is 1. The topological polar surface area (TPSA) is 21.3 Å². The van der Waals surface area contributed by atoms with Crippen LogP contribution in [0.1, 0.15) is 12.0 Å². The Morgan fingerprint density at radius 1 is 1.50 bits per heavy atom. The lowest BCUT2D eigenvalue weighted by Gasteiger charge is -2.16. The van der Waals surface area contributed by atoms with E-state index in [4.69, 9.17) is 4.74 Å². The Morgan fingerprint density at radius 2 is 2.31 bits per heavy atom. The van der Waals surface area contributed by atoms with Crippen molar-refractivity contribution in [2.75, 3.05) is 20.2 Å². The quantitative estimate of drug-likeness (QED) is 0.844. The molecule has 88 valence electrons. The predicted molar refractivity (Wildman–Crippen MR) is 62.6 cm³/mol. The molecule has 1 N–H and O–H groups in total. The van der Waals surface area contributed by atoms with Crippen molar-refractivity contribution in [3.05, 3.63) is 29.8 Å². The first-order valence-electron chi connectivity index (χ1n) is 5.78. The Bertz CT molecular complexity index is 336. The van der Waals surface area contributed by atoms with E-state index in [-0.39, 0.29) is 5.92 Å². The van der Waals surface area contributed by atoms with E-state index in [1.807, 2.05) is 24.3 Å². The van der Waals surface area contributed by atoms with Gasteiger partial charge in [-0.05, 0) is 24.6 Å². The summed E-state index contributed by atoms with van der Waals surface area (Å²) in [4.78, 5) is 0. The highest BCUT2D eigenvalue weighted by Crippen LogP contribution is 2.24. The summed E-state index contributed by atoms with van der Waals surface area (Å²) >= 11 is 0. The highest BCUT2D eigenvalue weighted by molar-refractivity contribution is 5.33. The number of para-hydroxylation sites is 1. The van der Waals surface area contributed by atoms with Gasteiger partial charge in [0, 0.05) is 18.9 Å². The van der Waals surface area contributed by atoms with Crippen molar-refractivity contribution in [2.24, 2.45) is 5.92 Å². The molecular weight excluding hydrogens is 205 g/mol. The smallest absolute Gasteiger partial charge is 0.122 e. The number of methoxy groups -OCH3 is 1. The van der Waals surface area contributed by atoms with Crippen LogP contribution in [0.25, 0.3) is 0 Å². The maximum Gasteiger partial charge on any atom is 0.122 e. The van der Waals surface area contributed by atoms with Gasteiger partial charge < -0.3 is 10.1 Å².